The Labute approximate surface area is 186 Å². The number of carbonyl (C=O) groups excluding carboxylic acids is 1. The molecule has 1 unspecified atom stereocenters. The molecule has 0 aliphatic carbocycles. The van der Waals surface area contributed by atoms with E-state index in [4.69, 9.17) is 4.74 Å². The van der Waals surface area contributed by atoms with E-state index in [1.54, 1.807) is 35.6 Å². The lowest BCUT2D eigenvalue weighted by Crippen LogP contribution is -2.33. The second-order valence-electron chi connectivity index (χ2n) is 5.98. The first-order valence-electron chi connectivity index (χ1n) is 8.84. The Morgan fingerprint density at radius 1 is 0.897 bits per heavy atom. The monoisotopic (exact) mass is 512 g/mol. The van der Waals surface area contributed by atoms with Gasteiger partial charge < -0.3 is 4.74 Å². The first kappa shape index (κ1) is 21.0. The van der Waals surface area contributed by atoms with Crippen LogP contribution in [0.1, 0.15) is 11.6 Å². The molecule has 1 aromatic heterocycles. The molecule has 0 radical (unpaired) electrons. The van der Waals surface area contributed by atoms with Crippen molar-refractivity contribution < 1.29 is 9.53 Å². The fourth-order valence-corrected chi connectivity index (χ4v) is 3.19. The van der Waals surface area contributed by atoms with Crippen molar-refractivity contribution in [2.24, 2.45) is 0 Å². The average molecular weight is 514 g/mol. The predicted molar refractivity (Wildman–Crippen MR) is 122 cm³/mol. The van der Waals surface area contributed by atoms with E-state index >= 15 is 0 Å². The van der Waals surface area contributed by atoms with Crippen LogP contribution in [0.5, 0.6) is 5.75 Å². The molecular weight excluding hydrogens is 496 g/mol. The fraction of sp³-hybridized carbons (Fsp3) is 0.0435. The minimum Gasteiger partial charge on any atom is -0.410 e. The third-order valence-electron chi connectivity index (χ3n) is 3.95. The standard InChI is InChI=1S/C18H14BrNO2.C5H4BrN/c19-15-11-12-20(17(13-15)14-7-3-1-4-8-14)18(21)22-16-9-5-2-6-10-16;6-5-1-3-7-4-2-5/h1-13,17H;1-4H. The maximum atomic E-state index is 12.5. The zero-order valence-electron chi connectivity index (χ0n) is 15.4. The van der Waals surface area contributed by atoms with Crippen LogP contribution in [-0.4, -0.2) is 16.0 Å². The second kappa shape index (κ2) is 10.7. The molecule has 0 fully saturated rings. The summed E-state index contributed by atoms with van der Waals surface area (Å²) >= 11 is 6.74. The summed E-state index contributed by atoms with van der Waals surface area (Å²) in [6.07, 6.45) is 8.60. The molecule has 1 aliphatic rings. The second-order valence-corrected chi connectivity index (χ2v) is 7.81. The number of carbonyl (C=O) groups is 1. The van der Waals surface area contributed by atoms with Crippen LogP contribution in [0.3, 0.4) is 0 Å². The van der Waals surface area contributed by atoms with Gasteiger partial charge in [-0.1, -0.05) is 80.4 Å². The third kappa shape index (κ3) is 6.41. The molecule has 0 spiro atoms. The van der Waals surface area contributed by atoms with Gasteiger partial charge in [0.2, 0.25) is 0 Å². The van der Waals surface area contributed by atoms with Crippen molar-refractivity contribution in [2.45, 2.75) is 6.04 Å². The largest absolute Gasteiger partial charge is 0.420 e. The van der Waals surface area contributed by atoms with E-state index in [2.05, 4.69) is 36.8 Å². The highest BCUT2D eigenvalue weighted by atomic mass is 79.9. The lowest BCUT2D eigenvalue weighted by Gasteiger charge is -2.28. The summed E-state index contributed by atoms with van der Waals surface area (Å²) < 4.78 is 7.44. The Kier molecular flexibility index (Phi) is 7.78. The molecule has 146 valence electrons. The van der Waals surface area contributed by atoms with Crippen LogP contribution in [0.4, 0.5) is 4.79 Å². The van der Waals surface area contributed by atoms with E-state index in [1.165, 1.54) is 0 Å². The molecular formula is C23H18Br2N2O2. The van der Waals surface area contributed by atoms with Crippen molar-refractivity contribution in [3.8, 4) is 5.75 Å². The van der Waals surface area contributed by atoms with E-state index in [0.717, 1.165) is 14.5 Å². The molecule has 29 heavy (non-hydrogen) atoms. The van der Waals surface area contributed by atoms with Gasteiger partial charge in [0.1, 0.15) is 5.75 Å². The molecule has 0 bridgehead atoms. The summed E-state index contributed by atoms with van der Waals surface area (Å²) in [6.45, 7) is 0. The van der Waals surface area contributed by atoms with Crippen LogP contribution in [-0.2, 0) is 0 Å². The van der Waals surface area contributed by atoms with Gasteiger partial charge in [-0.25, -0.2) is 4.79 Å². The van der Waals surface area contributed by atoms with Crippen molar-refractivity contribution in [3.63, 3.8) is 0 Å². The Bertz CT molecular complexity index is 978. The molecule has 2 heterocycles. The number of allylic oxidation sites excluding steroid dienone is 2. The highest BCUT2D eigenvalue weighted by molar-refractivity contribution is 9.12. The number of halogens is 2. The van der Waals surface area contributed by atoms with E-state index in [-0.39, 0.29) is 6.04 Å². The van der Waals surface area contributed by atoms with Crippen LogP contribution in [0.15, 0.2) is 112 Å². The topological polar surface area (TPSA) is 42.4 Å². The fourth-order valence-electron chi connectivity index (χ4n) is 2.59. The maximum absolute atomic E-state index is 12.5. The minimum atomic E-state index is -0.410. The SMILES string of the molecule is Brc1ccncc1.O=C(Oc1ccccc1)N1C=CC(Br)=CC1c1ccccc1. The van der Waals surface area contributed by atoms with E-state index in [9.17, 15) is 4.79 Å². The van der Waals surface area contributed by atoms with E-state index in [1.807, 2.05) is 72.8 Å². The number of amides is 1. The van der Waals surface area contributed by atoms with Gasteiger partial charge in [-0.05, 0) is 42.0 Å². The molecule has 0 saturated carbocycles. The van der Waals surface area contributed by atoms with Crippen LogP contribution in [0.25, 0.3) is 0 Å². The van der Waals surface area contributed by atoms with Gasteiger partial charge in [0.05, 0.1) is 6.04 Å². The van der Waals surface area contributed by atoms with E-state index < -0.39 is 6.09 Å². The van der Waals surface area contributed by atoms with Gasteiger partial charge in [0, 0.05) is 27.5 Å². The summed E-state index contributed by atoms with van der Waals surface area (Å²) in [5, 5.41) is 0. The highest BCUT2D eigenvalue weighted by Crippen LogP contribution is 2.30. The number of rotatable bonds is 2. The van der Waals surface area contributed by atoms with E-state index in [0.29, 0.717) is 5.75 Å². The summed E-state index contributed by atoms with van der Waals surface area (Å²) in [6, 6.07) is 22.5. The van der Waals surface area contributed by atoms with Gasteiger partial charge in [-0.15, -0.1) is 0 Å². The zero-order valence-corrected chi connectivity index (χ0v) is 18.5. The molecule has 0 saturated heterocycles. The first-order chi connectivity index (χ1) is 14.1. The molecule has 1 atom stereocenters. The number of ether oxygens (including phenoxy) is 1. The van der Waals surface area contributed by atoms with Crippen LogP contribution < -0.4 is 4.74 Å². The zero-order chi connectivity index (χ0) is 20.5. The van der Waals surface area contributed by atoms with Crippen molar-refractivity contribution >= 4 is 38.0 Å². The number of para-hydroxylation sites is 1. The highest BCUT2D eigenvalue weighted by Gasteiger charge is 2.25. The van der Waals surface area contributed by atoms with Crippen molar-refractivity contribution in [3.05, 3.63) is 118 Å². The van der Waals surface area contributed by atoms with Gasteiger partial charge in [-0.2, -0.15) is 0 Å². The predicted octanol–water partition coefficient (Wildman–Crippen LogP) is 6.88. The molecule has 4 rings (SSSR count). The number of aromatic nitrogens is 1. The quantitative estimate of drug-likeness (QED) is 0.375. The molecule has 1 amide bonds. The lowest BCUT2D eigenvalue weighted by atomic mass is 10.0. The lowest BCUT2D eigenvalue weighted by molar-refractivity contribution is 0.161. The number of nitrogens with zero attached hydrogens (tertiary/aromatic N) is 2. The number of pyridine rings is 1. The van der Waals surface area contributed by atoms with Gasteiger partial charge in [-0.3, -0.25) is 9.88 Å². The van der Waals surface area contributed by atoms with Gasteiger partial charge in [0.15, 0.2) is 0 Å². The summed E-state index contributed by atoms with van der Waals surface area (Å²) in [5.74, 6) is 0.529. The first-order valence-corrected chi connectivity index (χ1v) is 10.4. The van der Waals surface area contributed by atoms with Gasteiger partial charge >= 0.3 is 6.09 Å². The molecule has 4 nitrogen and oxygen atoms in total. The van der Waals surface area contributed by atoms with Crippen LogP contribution in [0.2, 0.25) is 0 Å². The van der Waals surface area contributed by atoms with Crippen molar-refractivity contribution in [2.75, 3.05) is 0 Å². The van der Waals surface area contributed by atoms with Crippen molar-refractivity contribution in [1.82, 2.24) is 9.88 Å². The Balaban J connectivity index is 0.000000290. The molecule has 0 N–H and O–H groups in total. The third-order valence-corrected chi connectivity index (χ3v) is 5.01. The number of benzene rings is 2. The van der Waals surface area contributed by atoms with Crippen LogP contribution in [0, 0.1) is 0 Å². The summed E-state index contributed by atoms with van der Waals surface area (Å²) in [4.78, 5) is 17.9. The van der Waals surface area contributed by atoms with Gasteiger partial charge in [0.25, 0.3) is 0 Å². The molecule has 3 aromatic rings. The molecule has 1 aliphatic heterocycles. The van der Waals surface area contributed by atoms with Crippen molar-refractivity contribution in [1.29, 1.82) is 0 Å². The Morgan fingerprint density at radius 3 is 2.10 bits per heavy atom. The van der Waals surface area contributed by atoms with Crippen LogP contribution >= 0.6 is 31.9 Å². The minimum absolute atomic E-state index is 0.197. The molecule has 6 heteroatoms. The normalized spacial score (nSPS) is 15.0. The Morgan fingerprint density at radius 2 is 1.52 bits per heavy atom. The maximum Gasteiger partial charge on any atom is 0.420 e. The smallest absolute Gasteiger partial charge is 0.410 e. The average Bonchev–Trinajstić information content (AvgIpc) is 2.76. The summed E-state index contributed by atoms with van der Waals surface area (Å²) in [7, 11) is 0. The Hall–Kier alpha value is -2.70. The number of hydrogen-bond acceptors (Lipinski definition) is 3. The number of hydrogen-bond donors (Lipinski definition) is 0. The summed E-state index contributed by atoms with van der Waals surface area (Å²) in [5.41, 5.74) is 1.02. The molecule has 2 aromatic carbocycles.